The number of para-hydroxylation sites is 1. The smallest absolute Gasteiger partial charge is 0.258 e. The van der Waals surface area contributed by atoms with Gasteiger partial charge >= 0.3 is 0 Å². The maximum atomic E-state index is 14.9. The fraction of sp³-hybridized carbons (Fsp3) is 0.491. The molecule has 1 saturated heterocycles. The van der Waals surface area contributed by atoms with E-state index in [1.165, 1.54) is 16.5 Å². The van der Waals surface area contributed by atoms with E-state index in [1.54, 1.807) is 22.3 Å². The molecule has 1 aliphatic carbocycles. The van der Waals surface area contributed by atoms with Gasteiger partial charge in [0.1, 0.15) is 6.04 Å². The summed E-state index contributed by atoms with van der Waals surface area (Å²) in [6.45, 7) is 13.4. The van der Waals surface area contributed by atoms with E-state index in [2.05, 4.69) is 143 Å². The van der Waals surface area contributed by atoms with E-state index in [4.69, 9.17) is 0 Å². The van der Waals surface area contributed by atoms with Gasteiger partial charge in [-0.2, -0.15) is 0 Å². The van der Waals surface area contributed by atoms with Crippen molar-refractivity contribution in [1.82, 2.24) is 46.2 Å². The normalized spacial score (nSPS) is 19.9. The summed E-state index contributed by atoms with van der Waals surface area (Å²) in [5.74, 6) is -0.565. The summed E-state index contributed by atoms with van der Waals surface area (Å²) >= 11 is 1.61. The Kier molecular flexibility index (Phi) is 18.0. The number of aromatic amines is 1. The van der Waals surface area contributed by atoms with E-state index in [-0.39, 0.29) is 42.8 Å². The molecule has 3 amide bonds. The van der Waals surface area contributed by atoms with Crippen LogP contribution in [0, 0.1) is 12.3 Å². The van der Waals surface area contributed by atoms with Crippen LogP contribution in [0.5, 0.6) is 0 Å². The van der Waals surface area contributed by atoms with Crippen LogP contribution in [0.1, 0.15) is 107 Å². The van der Waals surface area contributed by atoms with Gasteiger partial charge in [-0.05, 0) is 105 Å². The Labute approximate surface area is 413 Å². The van der Waals surface area contributed by atoms with Crippen LogP contribution >= 0.6 is 11.3 Å². The number of likely N-dealkylation sites (tertiary alicyclic amines) is 1. The zero-order valence-electron chi connectivity index (χ0n) is 41.8. The second-order valence-corrected chi connectivity index (χ2v) is 21.4. The fourth-order valence-electron chi connectivity index (χ4n) is 9.98. The van der Waals surface area contributed by atoms with E-state index >= 15 is 0 Å². The van der Waals surface area contributed by atoms with Crippen LogP contribution in [0.25, 0.3) is 27.4 Å². The first-order valence-electron chi connectivity index (χ1n) is 25.0. The second kappa shape index (κ2) is 24.1. The van der Waals surface area contributed by atoms with Gasteiger partial charge in [0.2, 0.25) is 11.8 Å². The van der Waals surface area contributed by atoms with Crippen LogP contribution in [0.3, 0.4) is 0 Å². The number of aliphatic hydroxyl groups excluding tert-OH is 1. The molecule has 6 atom stereocenters. The number of hydrogen-bond acceptors (Lipinski definition) is 10. The Morgan fingerprint density at radius 1 is 1.00 bits per heavy atom. The third kappa shape index (κ3) is 14.0. The van der Waals surface area contributed by atoms with Crippen molar-refractivity contribution in [2.75, 3.05) is 40.3 Å². The summed E-state index contributed by atoms with van der Waals surface area (Å²) < 4.78 is 0. The highest BCUT2D eigenvalue weighted by Gasteiger charge is 2.45. The number of H-pyrrole nitrogens is 1. The summed E-state index contributed by atoms with van der Waals surface area (Å²) in [5, 5.41) is 19.4. The number of carbonyl (C=O) groups is 3. The molecule has 1 saturated carbocycles. The standard InChI is InChI=1S/C55H75N9O4S/c1-8-29-58-61-50(66)27-20-38-16-18-39(19-17-38)33-63(30-28-42-32-56-47-15-10-9-14-46(42)47)44-13-11-12-43(25-26-44)59-52(55(3,4)5)54(68)64-34-45(65)31-49(64)53(67)60-48(35-62(6)7)40-21-23-41(24-22-40)51-37(2)57-36-69-51/h9-10,14-24,27,32,36,43-45,48-49,52,56,58-59,65H,8,11-13,25-26,28-31,33-35H2,1-7H3,(H,60,67)(H,61,66)/b27-20+/t43?,44?,45-,48+,49+,52-/m1/s1. The lowest BCUT2D eigenvalue weighted by atomic mass is 9.84. The number of hydrazine groups is 1. The summed E-state index contributed by atoms with van der Waals surface area (Å²) in [5.41, 5.74) is 14.7. The Bertz CT molecular complexity index is 2480. The van der Waals surface area contributed by atoms with Crippen molar-refractivity contribution in [3.63, 3.8) is 0 Å². The van der Waals surface area contributed by atoms with Gasteiger partial charge in [-0.25, -0.2) is 10.4 Å². The van der Waals surface area contributed by atoms with Gasteiger partial charge in [0.05, 0.1) is 34.3 Å². The molecule has 2 fully saturated rings. The lowest BCUT2D eigenvalue weighted by Gasteiger charge is -2.38. The quantitative estimate of drug-likeness (QED) is 0.0199. The minimum absolute atomic E-state index is 0.111. The van der Waals surface area contributed by atoms with Gasteiger partial charge < -0.3 is 30.5 Å². The number of amides is 3. The van der Waals surface area contributed by atoms with Gasteiger partial charge in [-0.15, -0.1) is 11.3 Å². The molecular weight excluding hydrogens is 883 g/mol. The maximum absolute atomic E-state index is 14.9. The summed E-state index contributed by atoms with van der Waals surface area (Å²) in [6.07, 6.45) is 11.7. The Hall–Kier alpha value is -5.22. The number of nitrogens with one attached hydrogen (secondary N) is 5. The van der Waals surface area contributed by atoms with E-state index < -0.39 is 23.6 Å². The van der Waals surface area contributed by atoms with Gasteiger partial charge in [0.15, 0.2) is 0 Å². The minimum Gasteiger partial charge on any atom is -0.391 e. The molecule has 2 aromatic heterocycles. The van der Waals surface area contributed by atoms with E-state index in [0.717, 1.165) is 97.4 Å². The largest absolute Gasteiger partial charge is 0.391 e. The monoisotopic (exact) mass is 958 g/mol. The van der Waals surface area contributed by atoms with Crippen LogP contribution in [0.2, 0.25) is 0 Å². The highest BCUT2D eigenvalue weighted by molar-refractivity contribution is 7.13. The number of aliphatic hydroxyl groups is 1. The van der Waals surface area contributed by atoms with Crippen LogP contribution < -0.4 is 21.5 Å². The molecule has 0 radical (unpaired) electrons. The molecule has 6 N–H and O–H groups in total. The Balaban J connectivity index is 1.02. The number of aromatic nitrogens is 2. The summed E-state index contributed by atoms with van der Waals surface area (Å²) in [7, 11) is 3.97. The topological polar surface area (TPSA) is 158 Å². The number of thiazole rings is 1. The van der Waals surface area contributed by atoms with Crippen LogP contribution in [-0.4, -0.2) is 118 Å². The fourth-order valence-corrected chi connectivity index (χ4v) is 10.8. The van der Waals surface area contributed by atoms with E-state index in [0.29, 0.717) is 12.6 Å². The number of benzene rings is 3. The highest BCUT2D eigenvalue weighted by Crippen LogP contribution is 2.32. The summed E-state index contributed by atoms with van der Waals surface area (Å²) in [4.78, 5) is 56.8. The van der Waals surface area contributed by atoms with Gasteiger partial charge in [-0.1, -0.05) is 101 Å². The molecule has 1 aliphatic heterocycles. The molecule has 2 unspecified atom stereocenters. The number of β-amino-alcohol motifs (C(OH)–C–C–N with tert-alkyl or cyclic N) is 1. The van der Waals surface area contributed by atoms with Gasteiger partial charge in [0.25, 0.3) is 5.91 Å². The molecule has 5 aromatic rings. The van der Waals surface area contributed by atoms with Crippen LogP contribution in [0.15, 0.2) is 90.6 Å². The number of carbonyl (C=O) groups excluding carboxylic acids is 3. The second-order valence-electron chi connectivity index (χ2n) is 20.5. The summed E-state index contributed by atoms with van der Waals surface area (Å²) in [6, 6.07) is 24.0. The van der Waals surface area contributed by atoms with Crippen molar-refractivity contribution in [2.24, 2.45) is 5.41 Å². The molecule has 0 spiro atoms. The predicted octanol–water partition coefficient (Wildman–Crippen LogP) is 7.78. The average molecular weight is 958 g/mol. The first-order valence-corrected chi connectivity index (χ1v) is 25.8. The minimum atomic E-state index is -0.791. The molecule has 69 heavy (non-hydrogen) atoms. The predicted molar refractivity (Wildman–Crippen MR) is 279 cm³/mol. The number of aryl methyl sites for hydroxylation is 1. The molecule has 0 bridgehead atoms. The zero-order chi connectivity index (χ0) is 49.1. The zero-order valence-corrected chi connectivity index (χ0v) is 42.6. The third-order valence-electron chi connectivity index (χ3n) is 13.7. The molecular formula is C55H75N9O4S. The van der Waals surface area contributed by atoms with Gasteiger partial charge in [-0.3, -0.25) is 24.7 Å². The molecule has 14 heteroatoms. The molecule has 3 aromatic carbocycles. The van der Waals surface area contributed by atoms with Gasteiger partial charge in [0, 0.05) is 74.4 Å². The first-order chi connectivity index (χ1) is 33.2. The molecule has 3 heterocycles. The molecule has 370 valence electrons. The van der Waals surface area contributed by atoms with Crippen molar-refractivity contribution in [2.45, 2.75) is 129 Å². The van der Waals surface area contributed by atoms with E-state index in [1.807, 2.05) is 37.5 Å². The lowest BCUT2D eigenvalue weighted by Crippen LogP contribution is -2.58. The SMILES string of the molecule is CCCNNC(=O)/C=C/c1ccc(CN(CCc2c[nH]c3ccccc23)C2CCCC(N[C@H](C(=O)N3C[C@H](O)C[C@H]3C(=O)N[C@@H](CN(C)C)c3ccc(-c4scnc4C)cc3)C(C)(C)C)CC2)cc1. The van der Waals surface area contributed by atoms with Crippen LogP contribution in [-0.2, 0) is 27.3 Å². The number of nitrogens with zero attached hydrogens (tertiary/aromatic N) is 4. The number of hydrogen-bond donors (Lipinski definition) is 6. The van der Waals surface area contributed by atoms with Crippen molar-refractivity contribution >= 4 is 46.0 Å². The third-order valence-corrected chi connectivity index (χ3v) is 14.7. The van der Waals surface area contributed by atoms with Crippen molar-refractivity contribution in [3.05, 3.63) is 119 Å². The van der Waals surface area contributed by atoms with Crippen molar-refractivity contribution in [1.29, 1.82) is 0 Å². The first kappa shape index (κ1) is 51.6. The molecule has 2 aliphatic rings. The number of rotatable bonds is 20. The number of likely N-dealkylation sites (N-methyl/N-ethyl adjacent to an activating group) is 1. The Morgan fingerprint density at radius 3 is 2.48 bits per heavy atom. The van der Waals surface area contributed by atoms with Crippen LogP contribution in [0.4, 0.5) is 0 Å². The van der Waals surface area contributed by atoms with Crippen molar-refractivity contribution < 1.29 is 19.5 Å². The number of fused-ring (bicyclic) bond motifs is 1. The van der Waals surface area contributed by atoms with E-state index in [9.17, 15) is 19.5 Å². The highest BCUT2D eigenvalue weighted by atomic mass is 32.1. The Morgan fingerprint density at radius 2 is 1.77 bits per heavy atom. The molecule has 7 rings (SSSR count). The lowest BCUT2D eigenvalue weighted by molar-refractivity contribution is -0.142. The molecule has 13 nitrogen and oxygen atoms in total. The average Bonchev–Trinajstić information content (AvgIpc) is 4.02. The maximum Gasteiger partial charge on any atom is 0.258 e. The van der Waals surface area contributed by atoms with Crippen molar-refractivity contribution in [3.8, 4) is 10.4 Å².